The van der Waals surface area contributed by atoms with E-state index in [9.17, 15) is 4.79 Å². The van der Waals surface area contributed by atoms with Gasteiger partial charge in [0, 0.05) is 11.6 Å². The molecule has 3 nitrogen and oxygen atoms in total. The summed E-state index contributed by atoms with van der Waals surface area (Å²) in [5.41, 5.74) is 3.03. The van der Waals surface area contributed by atoms with Gasteiger partial charge in [-0.3, -0.25) is 4.79 Å². The molecule has 0 saturated carbocycles. The van der Waals surface area contributed by atoms with Crippen LogP contribution in [-0.2, 0) is 0 Å². The van der Waals surface area contributed by atoms with Gasteiger partial charge in [-0.2, -0.15) is 0 Å². The number of hydrogen-bond donors (Lipinski definition) is 2. The Morgan fingerprint density at radius 3 is 2.84 bits per heavy atom. The molecule has 0 radical (unpaired) electrons. The molecule has 0 spiro atoms. The van der Waals surface area contributed by atoms with Crippen LogP contribution in [-0.4, -0.2) is 25.0 Å². The lowest BCUT2D eigenvalue weighted by atomic mass is 9.92. The van der Waals surface area contributed by atoms with Gasteiger partial charge in [-0.15, -0.1) is 0 Å². The van der Waals surface area contributed by atoms with Crippen LogP contribution in [0.4, 0.5) is 0 Å². The minimum atomic E-state index is 0.0515. The van der Waals surface area contributed by atoms with Gasteiger partial charge in [0.2, 0.25) is 0 Å². The molecule has 0 aliphatic carbocycles. The first-order valence-electron chi connectivity index (χ1n) is 7.17. The summed E-state index contributed by atoms with van der Waals surface area (Å²) in [6, 6.07) is 6.20. The molecule has 1 aliphatic heterocycles. The fourth-order valence-electron chi connectivity index (χ4n) is 2.78. The molecule has 1 amide bonds. The van der Waals surface area contributed by atoms with Crippen molar-refractivity contribution in [3.63, 3.8) is 0 Å². The number of rotatable bonds is 3. The topological polar surface area (TPSA) is 41.1 Å². The Labute approximate surface area is 115 Å². The molecule has 0 bridgehead atoms. The van der Waals surface area contributed by atoms with E-state index in [0.29, 0.717) is 5.92 Å². The van der Waals surface area contributed by atoms with Crippen molar-refractivity contribution in [1.29, 1.82) is 0 Å². The van der Waals surface area contributed by atoms with Crippen LogP contribution in [0.2, 0.25) is 0 Å². The first kappa shape index (κ1) is 14.1. The lowest BCUT2D eigenvalue weighted by Crippen LogP contribution is -2.44. The maximum atomic E-state index is 12.3. The summed E-state index contributed by atoms with van der Waals surface area (Å²) in [5.74, 6) is 0.596. The summed E-state index contributed by atoms with van der Waals surface area (Å²) in [7, 11) is 0. The van der Waals surface area contributed by atoms with E-state index in [0.717, 1.165) is 24.2 Å². The quantitative estimate of drug-likeness (QED) is 0.876. The molecule has 1 aromatic rings. The van der Waals surface area contributed by atoms with Crippen molar-refractivity contribution in [2.75, 3.05) is 13.1 Å². The van der Waals surface area contributed by atoms with Crippen LogP contribution in [0.3, 0.4) is 0 Å². The Bertz CT molecular complexity index is 450. The monoisotopic (exact) mass is 260 g/mol. The van der Waals surface area contributed by atoms with Crippen molar-refractivity contribution in [1.82, 2.24) is 10.6 Å². The molecule has 1 heterocycles. The minimum Gasteiger partial charge on any atom is -0.349 e. The zero-order valence-corrected chi connectivity index (χ0v) is 12.1. The van der Waals surface area contributed by atoms with Gasteiger partial charge < -0.3 is 10.6 Å². The van der Waals surface area contributed by atoms with Gasteiger partial charge in [-0.1, -0.05) is 17.7 Å². The Morgan fingerprint density at radius 2 is 2.21 bits per heavy atom. The molecular weight excluding hydrogens is 236 g/mol. The van der Waals surface area contributed by atoms with Crippen molar-refractivity contribution >= 4 is 5.91 Å². The molecule has 1 aliphatic rings. The average Bonchev–Trinajstić information content (AvgIpc) is 2.39. The predicted molar refractivity (Wildman–Crippen MR) is 78.4 cm³/mol. The van der Waals surface area contributed by atoms with Crippen LogP contribution in [0, 0.1) is 19.8 Å². The third-order valence-electron chi connectivity index (χ3n) is 4.03. The lowest BCUT2D eigenvalue weighted by molar-refractivity contribution is 0.0921. The smallest absolute Gasteiger partial charge is 0.251 e. The van der Waals surface area contributed by atoms with E-state index < -0.39 is 0 Å². The minimum absolute atomic E-state index is 0.0515. The van der Waals surface area contributed by atoms with Crippen LogP contribution < -0.4 is 10.6 Å². The first-order chi connectivity index (χ1) is 9.08. The van der Waals surface area contributed by atoms with Gasteiger partial charge in [-0.05, 0) is 64.3 Å². The zero-order valence-electron chi connectivity index (χ0n) is 12.1. The highest BCUT2D eigenvalue weighted by Crippen LogP contribution is 2.16. The fraction of sp³-hybridized carbons (Fsp3) is 0.562. The molecule has 2 rings (SSSR count). The van der Waals surface area contributed by atoms with E-state index in [2.05, 4.69) is 23.6 Å². The average molecular weight is 260 g/mol. The second-order valence-corrected chi connectivity index (χ2v) is 5.69. The van der Waals surface area contributed by atoms with Gasteiger partial charge >= 0.3 is 0 Å². The maximum absolute atomic E-state index is 12.3. The van der Waals surface area contributed by atoms with E-state index in [1.165, 1.54) is 18.4 Å². The standard InChI is InChI=1S/C16H24N2O/c1-11-6-7-15(12(2)9-11)16(19)18-13(3)14-5-4-8-17-10-14/h6-7,9,13-14,17H,4-5,8,10H2,1-3H3,(H,18,19). The van der Waals surface area contributed by atoms with E-state index in [1.54, 1.807) is 0 Å². The normalized spacial score (nSPS) is 20.9. The number of piperidine rings is 1. The van der Waals surface area contributed by atoms with E-state index in [4.69, 9.17) is 0 Å². The molecule has 0 aromatic heterocycles. The molecular formula is C16H24N2O. The summed E-state index contributed by atoms with van der Waals surface area (Å²) >= 11 is 0. The van der Waals surface area contributed by atoms with Gasteiger partial charge in [0.25, 0.3) is 5.91 Å². The SMILES string of the molecule is Cc1ccc(C(=O)NC(C)C2CCCNC2)c(C)c1. The van der Waals surface area contributed by atoms with E-state index >= 15 is 0 Å². The Kier molecular flexibility index (Phi) is 4.59. The molecule has 1 fully saturated rings. The number of nitrogens with one attached hydrogen (secondary N) is 2. The van der Waals surface area contributed by atoms with Crippen LogP contribution in [0.15, 0.2) is 18.2 Å². The van der Waals surface area contributed by atoms with Crippen molar-refractivity contribution in [2.45, 2.75) is 39.7 Å². The largest absolute Gasteiger partial charge is 0.349 e. The second kappa shape index (κ2) is 6.20. The van der Waals surface area contributed by atoms with Crippen LogP contribution >= 0.6 is 0 Å². The van der Waals surface area contributed by atoms with Crippen molar-refractivity contribution in [2.24, 2.45) is 5.92 Å². The molecule has 104 valence electrons. The summed E-state index contributed by atoms with van der Waals surface area (Å²) in [6.45, 7) is 8.27. The Balaban J connectivity index is 1.99. The van der Waals surface area contributed by atoms with Crippen LogP contribution in [0.25, 0.3) is 0 Å². The third kappa shape index (κ3) is 3.57. The number of carbonyl (C=O) groups is 1. The van der Waals surface area contributed by atoms with Crippen molar-refractivity contribution in [3.8, 4) is 0 Å². The maximum Gasteiger partial charge on any atom is 0.251 e. The van der Waals surface area contributed by atoms with Crippen molar-refractivity contribution in [3.05, 3.63) is 34.9 Å². The molecule has 2 atom stereocenters. The first-order valence-corrected chi connectivity index (χ1v) is 7.17. The summed E-state index contributed by atoms with van der Waals surface area (Å²) in [5, 5.41) is 6.54. The van der Waals surface area contributed by atoms with Gasteiger partial charge in [0.1, 0.15) is 0 Å². The van der Waals surface area contributed by atoms with E-state index in [-0.39, 0.29) is 11.9 Å². The lowest BCUT2D eigenvalue weighted by Gasteiger charge is -2.29. The molecule has 1 saturated heterocycles. The molecule has 1 aromatic carbocycles. The van der Waals surface area contributed by atoms with Crippen LogP contribution in [0.5, 0.6) is 0 Å². The predicted octanol–water partition coefficient (Wildman–Crippen LogP) is 2.42. The Hall–Kier alpha value is -1.35. The summed E-state index contributed by atoms with van der Waals surface area (Å²) < 4.78 is 0. The summed E-state index contributed by atoms with van der Waals surface area (Å²) in [4.78, 5) is 12.3. The zero-order chi connectivity index (χ0) is 13.8. The highest BCUT2D eigenvalue weighted by molar-refractivity contribution is 5.95. The van der Waals surface area contributed by atoms with Crippen molar-refractivity contribution < 1.29 is 4.79 Å². The van der Waals surface area contributed by atoms with E-state index in [1.807, 2.05) is 26.0 Å². The highest BCUT2D eigenvalue weighted by Gasteiger charge is 2.22. The van der Waals surface area contributed by atoms with Gasteiger partial charge in [-0.25, -0.2) is 0 Å². The molecule has 2 N–H and O–H groups in total. The number of carbonyl (C=O) groups excluding carboxylic acids is 1. The highest BCUT2D eigenvalue weighted by atomic mass is 16.1. The number of aryl methyl sites for hydroxylation is 2. The number of benzene rings is 1. The molecule has 2 unspecified atom stereocenters. The molecule has 19 heavy (non-hydrogen) atoms. The molecule has 3 heteroatoms. The number of hydrogen-bond acceptors (Lipinski definition) is 2. The van der Waals surface area contributed by atoms with Crippen LogP contribution in [0.1, 0.15) is 41.3 Å². The fourth-order valence-corrected chi connectivity index (χ4v) is 2.78. The van der Waals surface area contributed by atoms with Gasteiger partial charge in [0.05, 0.1) is 0 Å². The van der Waals surface area contributed by atoms with Gasteiger partial charge in [0.15, 0.2) is 0 Å². The number of amides is 1. The second-order valence-electron chi connectivity index (χ2n) is 5.69. The third-order valence-corrected chi connectivity index (χ3v) is 4.03. The Morgan fingerprint density at radius 1 is 1.42 bits per heavy atom. The summed E-state index contributed by atoms with van der Waals surface area (Å²) in [6.07, 6.45) is 2.40.